The summed E-state index contributed by atoms with van der Waals surface area (Å²) in [5.74, 6) is 0.733. The van der Waals surface area contributed by atoms with Crippen LogP contribution in [-0.2, 0) is 10.5 Å². The summed E-state index contributed by atoms with van der Waals surface area (Å²) in [6.07, 6.45) is 1.91. The van der Waals surface area contributed by atoms with Crippen molar-refractivity contribution in [2.75, 3.05) is 18.6 Å². The first-order valence-corrected chi connectivity index (χ1v) is 8.76. The van der Waals surface area contributed by atoms with Gasteiger partial charge in [-0.25, -0.2) is 4.39 Å². The van der Waals surface area contributed by atoms with Crippen LogP contribution in [-0.4, -0.2) is 40.9 Å². The molecule has 0 spiro atoms. The zero-order chi connectivity index (χ0) is 15.0. The minimum absolute atomic E-state index is 0.0149. The summed E-state index contributed by atoms with van der Waals surface area (Å²) in [5.41, 5.74) is 0.995. The molecule has 1 aromatic rings. The lowest BCUT2D eigenvalue weighted by molar-refractivity contribution is -0.119. The van der Waals surface area contributed by atoms with Crippen molar-refractivity contribution >= 4 is 29.4 Å². The van der Waals surface area contributed by atoms with Gasteiger partial charge in [-0.3, -0.25) is 4.79 Å². The highest BCUT2D eigenvalue weighted by atomic mass is 32.2. The van der Waals surface area contributed by atoms with Gasteiger partial charge in [-0.15, -0.1) is 11.8 Å². The van der Waals surface area contributed by atoms with Gasteiger partial charge < -0.3 is 10.4 Å². The van der Waals surface area contributed by atoms with E-state index in [-0.39, 0.29) is 29.6 Å². The van der Waals surface area contributed by atoms with Crippen molar-refractivity contribution < 1.29 is 14.3 Å². The summed E-state index contributed by atoms with van der Waals surface area (Å²) in [6, 6.07) is 6.22. The van der Waals surface area contributed by atoms with E-state index in [1.807, 2.05) is 13.2 Å². The Morgan fingerprint density at radius 1 is 1.40 bits per heavy atom. The number of thioether (sulfide) groups is 2. The van der Waals surface area contributed by atoms with Crippen molar-refractivity contribution in [1.29, 1.82) is 0 Å². The SMILES string of the molecule is CSC(CO)C(C)NC(=O)CSCc1ccc(F)cc1. The quantitative estimate of drug-likeness (QED) is 0.772. The van der Waals surface area contributed by atoms with E-state index in [0.29, 0.717) is 11.5 Å². The summed E-state index contributed by atoms with van der Waals surface area (Å²) < 4.78 is 12.7. The number of hydrogen-bond donors (Lipinski definition) is 2. The number of aliphatic hydroxyl groups excluding tert-OH is 1. The molecule has 0 saturated heterocycles. The lowest BCUT2D eigenvalue weighted by atomic mass is 10.2. The molecule has 6 heteroatoms. The molecular formula is C14H20FNO2S2. The minimum Gasteiger partial charge on any atom is -0.395 e. The normalized spacial score (nSPS) is 13.8. The number of rotatable bonds is 8. The van der Waals surface area contributed by atoms with Crippen LogP contribution in [0.1, 0.15) is 12.5 Å². The molecule has 0 saturated carbocycles. The first-order chi connectivity index (χ1) is 9.56. The fraction of sp³-hybridized carbons (Fsp3) is 0.500. The molecule has 2 N–H and O–H groups in total. The summed E-state index contributed by atoms with van der Waals surface area (Å²) in [6.45, 7) is 1.94. The Balaban J connectivity index is 2.27. The van der Waals surface area contributed by atoms with Gasteiger partial charge in [-0.2, -0.15) is 11.8 Å². The average Bonchev–Trinajstić information content (AvgIpc) is 2.42. The Morgan fingerprint density at radius 3 is 2.60 bits per heavy atom. The number of hydrogen-bond acceptors (Lipinski definition) is 4. The van der Waals surface area contributed by atoms with E-state index in [2.05, 4.69) is 5.32 Å². The predicted molar refractivity (Wildman–Crippen MR) is 84.6 cm³/mol. The maximum Gasteiger partial charge on any atom is 0.230 e. The van der Waals surface area contributed by atoms with E-state index >= 15 is 0 Å². The predicted octanol–water partition coefficient (Wildman–Crippen LogP) is 2.29. The molecule has 0 aliphatic carbocycles. The third-order valence-electron chi connectivity index (χ3n) is 2.84. The van der Waals surface area contributed by atoms with Crippen LogP contribution in [0.5, 0.6) is 0 Å². The van der Waals surface area contributed by atoms with Crippen molar-refractivity contribution in [3.8, 4) is 0 Å². The monoisotopic (exact) mass is 317 g/mol. The second-order valence-electron chi connectivity index (χ2n) is 4.43. The van der Waals surface area contributed by atoms with Gasteiger partial charge in [0.15, 0.2) is 0 Å². The molecule has 2 unspecified atom stereocenters. The van der Waals surface area contributed by atoms with Gasteiger partial charge in [0.2, 0.25) is 5.91 Å². The molecule has 0 heterocycles. The van der Waals surface area contributed by atoms with Crippen LogP contribution in [0.15, 0.2) is 24.3 Å². The summed E-state index contributed by atoms with van der Waals surface area (Å²) in [7, 11) is 0. The summed E-state index contributed by atoms with van der Waals surface area (Å²) in [4.78, 5) is 11.8. The lowest BCUT2D eigenvalue weighted by Gasteiger charge is -2.21. The van der Waals surface area contributed by atoms with Crippen LogP contribution >= 0.6 is 23.5 Å². The van der Waals surface area contributed by atoms with Gasteiger partial charge in [-0.1, -0.05) is 12.1 Å². The highest BCUT2D eigenvalue weighted by Gasteiger charge is 2.17. The Bertz CT molecular complexity index is 410. The van der Waals surface area contributed by atoms with Gasteiger partial charge in [0.1, 0.15) is 5.82 Å². The van der Waals surface area contributed by atoms with Gasteiger partial charge >= 0.3 is 0 Å². The van der Waals surface area contributed by atoms with Gasteiger partial charge in [0.05, 0.1) is 12.4 Å². The number of carbonyl (C=O) groups is 1. The number of amides is 1. The van der Waals surface area contributed by atoms with E-state index in [1.165, 1.54) is 35.7 Å². The van der Waals surface area contributed by atoms with Crippen molar-refractivity contribution in [3.63, 3.8) is 0 Å². The van der Waals surface area contributed by atoms with Crippen molar-refractivity contribution in [2.24, 2.45) is 0 Å². The Hall–Kier alpha value is -0.720. The third kappa shape index (κ3) is 6.15. The second kappa shape index (κ2) is 9.26. The molecule has 0 radical (unpaired) electrons. The van der Waals surface area contributed by atoms with Crippen LogP contribution in [0.4, 0.5) is 4.39 Å². The molecule has 0 aromatic heterocycles. The zero-order valence-electron chi connectivity index (χ0n) is 11.6. The maximum absolute atomic E-state index is 12.7. The van der Waals surface area contributed by atoms with Gasteiger partial charge in [-0.05, 0) is 30.9 Å². The molecule has 20 heavy (non-hydrogen) atoms. The van der Waals surface area contributed by atoms with E-state index in [4.69, 9.17) is 5.11 Å². The van der Waals surface area contributed by atoms with E-state index in [9.17, 15) is 9.18 Å². The molecule has 0 aliphatic heterocycles. The minimum atomic E-state index is -0.252. The standard InChI is InChI=1S/C14H20FNO2S2/c1-10(13(7-17)19-2)16-14(18)9-20-8-11-3-5-12(15)6-4-11/h3-6,10,13,17H,7-9H2,1-2H3,(H,16,18). The molecule has 1 amide bonds. The third-order valence-corrected chi connectivity index (χ3v) is 5.01. The van der Waals surface area contributed by atoms with Gasteiger partial charge in [0.25, 0.3) is 0 Å². The molecular weight excluding hydrogens is 297 g/mol. The second-order valence-corrected chi connectivity index (χ2v) is 6.49. The largest absolute Gasteiger partial charge is 0.395 e. The summed E-state index contributed by atoms with van der Waals surface area (Å²) >= 11 is 3.02. The van der Waals surface area contributed by atoms with Crippen LogP contribution in [0, 0.1) is 5.82 Å². The maximum atomic E-state index is 12.7. The molecule has 0 aliphatic rings. The number of nitrogens with one attached hydrogen (secondary N) is 1. The van der Waals surface area contributed by atoms with Gasteiger partial charge in [0, 0.05) is 17.0 Å². The Kier molecular flexibility index (Phi) is 8.02. The van der Waals surface area contributed by atoms with Crippen LogP contribution in [0.3, 0.4) is 0 Å². The number of carbonyl (C=O) groups excluding carboxylic acids is 1. The molecule has 0 fully saturated rings. The topological polar surface area (TPSA) is 49.3 Å². The molecule has 3 nitrogen and oxygen atoms in total. The van der Waals surface area contributed by atoms with E-state index < -0.39 is 0 Å². The Labute approximate surface area is 127 Å². The smallest absolute Gasteiger partial charge is 0.230 e. The molecule has 1 aromatic carbocycles. The molecule has 112 valence electrons. The van der Waals surface area contributed by atoms with Crippen LogP contribution < -0.4 is 5.32 Å². The van der Waals surface area contributed by atoms with Crippen molar-refractivity contribution in [3.05, 3.63) is 35.6 Å². The average molecular weight is 317 g/mol. The molecule has 2 atom stereocenters. The first-order valence-electron chi connectivity index (χ1n) is 6.32. The van der Waals surface area contributed by atoms with E-state index in [0.717, 1.165) is 5.56 Å². The lowest BCUT2D eigenvalue weighted by Crippen LogP contribution is -2.42. The zero-order valence-corrected chi connectivity index (χ0v) is 13.3. The number of aliphatic hydroxyl groups is 1. The van der Waals surface area contributed by atoms with Crippen LogP contribution in [0.25, 0.3) is 0 Å². The fourth-order valence-corrected chi connectivity index (χ4v) is 3.09. The molecule has 1 rings (SSSR count). The fourth-order valence-electron chi connectivity index (χ4n) is 1.67. The Morgan fingerprint density at radius 2 is 2.05 bits per heavy atom. The van der Waals surface area contributed by atoms with Crippen molar-refractivity contribution in [2.45, 2.75) is 24.0 Å². The first kappa shape index (κ1) is 17.3. The number of halogens is 1. The highest BCUT2D eigenvalue weighted by molar-refractivity contribution is 7.99. The highest BCUT2D eigenvalue weighted by Crippen LogP contribution is 2.14. The number of benzene rings is 1. The van der Waals surface area contributed by atoms with E-state index in [1.54, 1.807) is 12.1 Å². The molecule has 0 bridgehead atoms. The van der Waals surface area contributed by atoms with Crippen molar-refractivity contribution in [1.82, 2.24) is 5.32 Å². The summed E-state index contributed by atoms with van der Waals surface area (Å²) in [5, 5.41) is 12.0. The van der Waals surface area contributed by atoms with Crippen LogP contribution in [0.2, 0.25) is 0 Å².